The zero-order valence-corrected chi connectivity index (χ0v) is 15.2. The highest BCUT2D eigenvalue weighted by Gasteiger charge is 2.20. The second-order valence-corrected chi connectivity index (χ2v) is 5.99. The molecule has 1 saturated heterocycles. The summed E-state index contributed by atoms with van der Waals surface area (Å²) in [5.41, 5.74) is 1.69. The van der Waals surface area contributed by atoms with Gasteiger partial charge in [-0.15, -0.1) is 0 Å². The normalized spacial score (nSPS) is 13.7. The standard InChI is InChI=1S/C19H23N5O3/c1-2-20-19(26)23-15-6-3-5-14(13-15)22-18(25)16-7-4-8-21-17(16)24-9-11-27-12-10-24/h3-8,13H,2,9-12H2,1H3,(H,22,25)(H2,20,23,26). The topological polar surface area (TPSA) is 95.6 Å². The van der Waals surface area contributed by atoms with E-state index in [-0.39, 0.29) is 11.9 Å². The minimum atomic E-state index is -0.289. The van der Waals surface area contributed by atoms with Gasteiger partial charge in [0.2, 0.25) is 0 Å². The molecule has 3 N–H and O–H groups in total. The largest absolute Gasteiger partial charge is 0.378 e. The van der Waals surface area contributed by atoms with Gasteiger partial charge in [-0.05, 0) is 37.3 Å². The molecule has 1 aromatic heterocycles. The maximum atomic E-state index is 12.8. The number of carbonyl (C=O) groups is 2. The van der Waals surface area contributed by atoms with Gasteiger partial charge in [-0.3, -0.25) is 4.79 Å². The fourth-order valence-corrected chi connectivity index (χ4v) is 2.81. The van der Waals surface area contributed by atoms with Gasteiger partial charge in [0.15, 0.2) is 0 Å². The van der Waals surface area contributed by atoms with Crippen LogP contribution >= 0.6 is 0 Å². The molecule has 0 saturated carbocycles. The Kier molecular flexibility index (Phi) is 6.22. The summed E-state index contributed by atoms with van der Waals surface area (Å²) in [6, 6.07) is 10.2. The van der Waals surface area contributed by atoms with E-state index in [1.54, 1.807) is 42.6 Å². The number of rotatable bonds is 5. The van der Waals surface area contributed by atoms with Gasteiger partial charge in [0.1, 0.15) is 5.82 Å². The van der Waals surface area contributed by atoms with Crippen LogP contribution in [0.5, 0.6) is 0 Å². The van der Waals surface area contributed by atoms with Crippen LogP contribution in [0.1, 0.15) is 17.3 Å². The van der Waals surface area contributed by atoms with E-state index in [1.807, 2.05) is 11.8 Å². The van der Waals surface area contributed by atoms with E-state index in [0.717, 1.165) is 0 Å². The van der Waals surface area contributed by atoms with E-state index in [2.05, 4.69) is 20.9 Å². The third kappa shape index (κ3) is 4.95. The van der Waals surface area contributed by atoms with E-state index in [9.17, 15) is 9.59 Å². The first-order valence-corrected chi connectivity index (χ1v) is 8.91. The molecule has 27 heavy (non-hydrogen) atoms. The van der Waals surface area contributed by atoms with Crippen molar-refractivity contribution < 1.29 is 14.3 Å². The van der Waals surface area contributed by atoms with E-state index in [0.29, 0.717) is 55.6 Å². The number of carbonyl (C=O) groups excluding carboxylic acids is 2. The van der Waals surface area contributed by atoms with Gasteiger partial charge in [0, 0.05) is 37.2 Å². The van der Waals surface area contributed by atoms with E-state index >= 15 is 0 Å². The molecule has 0 atom stereocenters. The number of anilines is 3. The highest BCUT2D eigenvalue weighted by Crippen LogP contribution is 2.21. The highest BCUT2D eigenvalue weighted by molar-refractivity contribution is 6.07. The van der Waals surface area contributed by atoms with Crippen LogP contribution < -0.4 is 20.9 Å². The van der Waals surface area contributed by atoms with Crippen LogP contribution in [0.2, 0.25) is 0 Å². The molecule has 3 rings (SSSR count). The molecule has 8 heteroatoms. The Morgan fingerprint density at radius 3 is 2.59 bits per heavy atom. The molecular formula is C19H23N5O3. The van der Waals surface area contributed by atoms with Crippen molar-refractivity contribution in [1.29, 1.82) is 0 Å². The zero-order chi connectivity index (χ0) is 19.1. The molecule has 0 spiro atoms. The number of benzene rings is 1. The predicted octanol–water partition coefficient (Wildman–Crippen LogP) is 2.31. The Morgan fingerprint density at radius 2 is 1.85 bits per heavy atom. The van der Waals surface area contributed by atoms with Gasteiger partial charge < -0.3 is 25.6 Å². The maximum Gasteiger partial charge on any atom is 0.319 e. The van der Waals surface area contributed by atoms with Crippen molar-refractivity contribution in [3.63, 3.8) is 0 Å². The number of urea groups is 1. The lowest BCUT2D eigenvalue weighted by molar-refractivity contribution is 0.102. The van der Waals surface area contributed by atoms with Crippen molar-refractivity contribution in [3.05, 3.63) is 48.2 Å². The Hall–Kier alpha value is -3.13. The van der Waals surface area contributed by atoms with Crippen LogP contribution in [0.4, 0.5) is 22.0 Å². The molecule has 0 bridgehead atoms. The summed E-state index contributed by atoms with van der Waals surface area (Å²) in [6.45, 7) is 5.01. The summed E-state index contributed by atoms with van der Waals surface area (Å²) in [5.74, 6) is 0.398. The fraction of sp³-hybridized carbons (Fsp3) is 0.316. The smallest absolute Gasteiger partial charge is 0.319 e. The van der Waals surface area contributed by atoms with Gasteiger partial charge in [-0.2, -0.15) is 0 Å². The first-order chi connectivity index (χ1) is 13.2. The lowest BCUT2D eigenvalue weighted by Gasteiger charge is -2.29. The maximum absolute atomic E-state index is 12.8. The summed E-state index contributed by atoms with van der Waals surface area (Å²) >= 11 is 0. The molecule has 1 aromatic carbocycles. The third-order valence-corrected chi connectivity index (χ3v) is 4.06. The van der Waals surface area contributed by atoms with Crippen LogP contribution in [0.25, 0.3) is 0 Å². The summed E-state index contributed by atoms with van der Waals surface area (Å²) in [7, 11) is 0. The van der Waals surface area contributed by atoms with Crippen molar-refractivity contribution in [1.82, 2.24) is 10.3 Å². The second kappa shape index (κ2) is 9.00. The van der Waals surface area contributed by atoms with Gasteiger partial charge in [-0.25, -0.2) is 9.78 Å². The minimum Gasteiger partial charge on any atom is -0.378 e. The van der Waals surface area contributed by atoms with Crippen LogP contribution in [0.15, 0.2) is 42.6 Å². The fourth-order valence-electron chi connectivity index (χ4n) is 2.81. The van der Waals surface area contributed by atoms with E-state index in [4.69, 9.17) is 4.74 Å². The lowest BCUT2D eigenvalue weighted by Crippen LogP contribution is -2.38. The summed E-state index contributed by atoms with van der Waals surface area (Å²) < 4.78 is 5.37. The number of nitrogens with one attached hydrogen (secondary N) is 3. The molecule has 3 amide bonds. The van der Waals surface area contributed by atoms with Crippen LogP contribution in [0, 0.1) is 0 Å². The minimum absolute atomic E-state index is 0.250. The number of amides is 3. The highest BCUT2D eigenvalue weighted by atomic mass is 16.5. The van der Waals surface area contributed by atoms with Crippen LogP contribution in [-0.2, 0) is 4.74 Å². The van der Waals surface area contributed by atoms with Gasteiger partial charge >= 0.3 is 6.03 Å². The molecule has 0 radical (unpaired) electrons. The molecule has 2 heterocycles. The van der Waals surface area contributed by atoms with Crippen molar-refractivity contribution in [2.45, 2.75) is 6.92 Å². The number of morpholine rings is 1. The Morgan fingerprint density at radius 1 is 1.11 bits per heavy atom. The number of pyridine rings is 1. The molecule has 142 valence electrons. The Labute approximate surface area is 157 Å². The molecule has 2 aromatic rings. The number of nitrogens with zero attached hydrogens (tertiary/aromatic N) is 2. The van der Waals surface area contributed by atoms with Crippen molar-refractivity contribution >= 4 is 29.1 Å². The second-order valence-electron chi connectivity index (χ2n) is 5.99. The SMILES string of the molecule is CCNC(=O)Nc1cccc(NC(=O)c2cccnc2N2CCOCC2)c1. The van der Waals surface area contributed by atoms with Crippen LogP contribution in [-0.4, -0.2) is 49.8 Å². The number of hydrogen-bond donors (Lipinski definition) is 3. The molecule has 1 fully saturated rings. The molecule has 0 unspecified atom stereocenters. The molecular weight excluding hydrogens is 346 g/mol. The summed E-state index contributed by atoms with van der Waals surface area (Å²) in [6.07, 6.45) is 1.68. The Balaban J connectivity index is 1.73. The molecule has 0 aliphatic carbocycles. The van der Waals surface area contributed by atoms with Crippen LogP contribution in [0.3, 0.4) is 0 Å². The van der Waals surface area contributed by atoms with Crippen molar-refractivity contribution in [2.75, 3.05) is 48.4 Å². The number of hydrogen-bond acceptors (Lipinski definition) is 5. The van der Waals surface area contributed by atoms with E-state index in [1.165, 1.54) is 0 Å². The molecule has 8 nitrogen and oxygen atoms in total. The number of aromatic nitrogens is 1. The predicted molar refractivity (Wildman–Crippen MR) is 104 cm³/mol. The van der Waals surface area contributed by atoms with Gasteiger partial charge in [0.05, 0.1) is 18.8 Å². The zero-order valence-electron chi connectivity index (χ0n) is 15.2. The van der Waals surface area contributed by atoms with E-state index < -0.39 is 0 Å². The van der Waals surface area contributed by atoms with Gasteiger partial charge in [0.25, 0.3) is 5.91 Å². The quantitative estimate of drug-likeness (QED) is 0.752. The molecule has 1 aliphatic heterocycles. The monoisotopic (exact) mass is 369 g/mol. The summed E-state index contributed by atoms with van der Waals surface area (Å²) in [5, 5.41) is 8.26. The average molecular weight is 369 g/mol. The lowest BCUT2D eigenvalue weighted by atomic mass is 10.2. The average Bonchev–Trinajstić information content (AvgIpc) is 2.69. The van der Waals surface area contributed by atoms with Crippen molar-refractivity contribution in [2.24, 2.45) is 0 Å². The Bertz CT molecular complexity index is 805. The summed E-state index contributed by atoms with van der Waals surface area (Å²) in [4.78, 5) is 30.9. The van der Waals surface area contributed by atoms with Gasteiger partial charge in [-0.1, -0.05) is 6.07 Å². The number of ether oxygens (including phenoxy) is 1. The van der Waals surface area contributed by atoms with Crippen molar-refractivity contribution in [3.8, 4) is 0 Å². The first-order valence-electron chi connectivity index (χ1n) is 8.91. The first kappa shape index (κ1) is 18.7. The third-order valence-electron chi connectivity index (χ3n) is 4.06. The molecule has 1 aliphatic rings.